The second-order valence-electron chi connectivity index (χ2n) is 5.67. The SMILES string of the molecule is C[NH+]1CCC(=C(c2ccccc2)c2ccccc2)CC1. The van der Waals surface area contributed by atoms with Gasteiger partial charge in [0.25, 0.3) is 0 Å². The zero-order valence-electron chi connectivity index (χ0n) is 12.1. The molecule has 1 nitrogen and oxygen atoms in total. The van der Waals surface area contributed by atoms with Crippen molar-refractivity contribution >= 4 is 5.57 Å². The van der Waals surface area contributed by atoms with Crippen molar-refractivity contribution < 1.29 is 4.90 Å². The Bertz CT molecular complexity index is 532. The number of hydrogen-bond donors (Lipinski definition) is 1. The summed E-state index contributed by atoms with van der Waals surface area (Å²) in [4.78, 5) is 1.65. The lowest BCUT2D eigenvalue weighted by molar-refractivity contribution is -0.882. The van der Waals surface area contributed by atoms with Gasteiger partial charge < -0.3 is 4.90 Å². The minimum atomic E-state index is 1.21. The van der Waals surface area contributed by atoms with Crippen LogP contribution in [0.3, 0.4) is 0 Å². The van der Waals surface area contributed by atoms with E-state index >= 15 is 0 Å². The quantitative estimate of drug-likeness (QED) is 0.851. The Kier molecular flexibility index (Phi) is 3.98. The van der Waals surface area contributed by atoms with Crippen LogP contribution in [0.25, 0.3) is 5.57 Å². The van der Waals surface area contributed by atoms with Gasteiger partial charge in [0.2, 0.25) is 0 Å². The van der Waals surface area contributed by atoms with Crippen LogP contribution in [0, 0.1) is 0 Å². The first-order valence-electron chi connectivity index (χ1n) is 7.49. The molecular weight excluding hydrogens is 242 g/mol. The summed E-state index contributed by atoms with van der Waals surface area (Å²) in [6, 6.07) is 21.7. The lowest BCUT2D eigenvalue weighted by Crippen LogP contribution is -3.09. The van der Waals surface area contributed by atoms with E-state index in [0.29, 0.717) is 0 Å². The fraction of sp³-hybridized carbons (Fsp3) is 0.263. The molecule has 1 fully saturated rings. The molecule has 0 spiro atoms. The lowest BCUT2D eigenvalue weighted by Gasteiger charge is -2.24. The summed E-state index contributed by atoms with van der Waals surface area (Å²) in [7, 11) is 2.29. The van der Waals surface area contributed by atoms with Crippen LogP contribution in [-0.2, 0) is 0 Å². The van der Waals surface area contributed by atoms with Crippen LogP contribution in [0.5, 0.6) is 0 Å². The molecule has 0 saturated carbocycles. The summed E-state index contributed by atoms with van der Waals surface area (Å²) in [6.07, 6.45) is 2.43. The van der Waals surface area contributed by atoms with Crippen molar-refractivity contribution in [1.29, 1.82) is 0 Å². The largest absolute Gasteiger partial charge is 0.337 e. The van der Waals surface area contributed by atoms with Crippen molar-refractivity contribution in [2.45, 2.75) is 12.8 Å². The number of rotatable bonds is 2. The van der Waals surface area contributed by atoms with Gasteiger partial charge in [-0.2, -0.15) is 0 Å². The highest BCUT2D eigenvalue weighted by molar-refractivity contribution is 5.82. The van der Waals surface area contributed by atoms with Crippen LogP contribution < -0.4 is 4.90 Å². The molecule has 0 radical (unpaired) electrons. The van der Waals surface area contributed by atoms with E-state index < -0.39 is 0 Å². The van der Waals surface area contributed by atoms with E-state index in [0.717, 1.165) is 0 Å². The van der Waals surface area contributed by atoms with Gasteiger partial charge in [-0.1, -0.05) is 66.2 Å². The zero-order chi connectivity index (χ0) is 13.8. The van der Waals surface area contributed by atoms with Crippen molar-refractivity contribution in [3.05, 3.63) is 77.4 Å². The third kappa shape index (κ3) is 2.83. The molecular formula is C19H22N+. The van der Waals surface area contributed by atoms with Crippen molar-refractivity contribution in [3.63, 3.8) is 0 Å². The molecule has 1 heteroatoms. The average Bonchev–Trinajstić information content (AvgIpc) is 2.52. The summed E-state index contributed by atoms with van der Waals surface area (Å²) < 4.78 is 0. The van der Waals surface area contributed by atoms with Gasteiger partial charge in [0, 0.05) is 12.8 Å². The molecule has 1 N–H and O–H groups in total. The maximum absolute atomic E-state index is 2.29. The third-order valence-corrected chi connectivity index (χ3v) is 4.19. The molecule has 0 aliphatic carbocycles. The number of likely N-dealkylation sites (tertiary alicyclic amines) is 1. The molecule has 2 aromatic carbocycles. The summed E-state index contributed by atoms with van der Waals surface area (Å²) in [5.74, 6) is 0. The fourth-order valence-electron chi connectivity index (χ4n) is 3.01. The Morgan fingerprint density at radius 2 is 1.20 bits per heavy atom. The first-order valence-corrected chi connectivity index (χ1v) is 7.49. The predicted octanol–water partition coefficient (Wildman–Crippen LogP) is 2.80. The van der Waals surface area contributed by atoms with Gasteiger partial charge in [0.1, 0.15) is 0 Å². The number of nitrogens with one attached hydrogen (secondary N) is 1. The Hall–Kier alpha value is -1.86. The van der Waals surface area contributed by atoms with E-state index in [1.807, 2.05) is 0 Å². The van der Waals surface area contributed by atoms with Crippen molar-refractivity contribution in [2.24, 2.45) is 0 Å². The van der Waals surface area contributed by atoms with Crippen LogP contribution in [0.2, 0.25) is 0 Å². The van der Waals surface area contributed by atoms with Gasteiger partial charge in [-0.15, -0.1) is 0 Å². The van der Waals surface area contributed by atoms with Crippen LogP contribution >= 0.6 is 0 Å². The Morgan fingerprint density at radius 1 is 0.750 bits per heavy atom. The summed E-state index contributed by atoms with van der Waals surface area (Å²) in [5.41, 5.74) is 5.79. The Labute approximate surface area is 121 Å². The molecule has 0 unspecified atom stereocenters. The third-order valence-electron chi connectivity index (χ3n) is 4.19. The Morgan fingerprint density at radius 3 is 1.65 bits per heavy atom. The van der Waals surface area contributed by atoms with Crippen molar-refractivity contribution in [3.8, 4) is 0 Å². The molecule has 0 amide bonds. The highest BCUT2D eigenvalue weighted by Crippen LogP contribution is 2.30. The molecule has 3 rings (SSSR count). The van der Waals surface area contributed by atoms with Gasteiger partial charge in [-0.05, 0) is 16.7 Å². The molecule has 0 bridgehead atoms. The van der Waals surface area contributed by atoms with E-state index in [1.54, 1.807) is 10.5 Å². The van der Waals surface area contributed by atoms with Crippen LogP contribution in [0.15, 0.2) is 66.2 Å². The van der Waals surface area contributed by atoms with E-state index in [2.05, 4.69) is 67.7 Å². The van der Waals surface area contributed by atoms with Crippen LogP contribution in [0.4, 0.5) is 0 Å². The maximum Gasteiger partial charge on any atom is 0.0807 e. The summed E-state index contributed by atoms with van der Waals surface area (Å²) in [5, 5.41) is 0. The first-order chi connectivity index (χ1) is 9.84. The number of hydrogen-bond acceptors (Lipinski definition) is 0. The van der Waals surface area contributed by atoms with Gasteiger partial charge in [-0.25, -0.2) is 0 Å². The predicted molar refractivity (Wildman–Crippen MR) is 84.8 cm³/mol. The molecule has 1 heterocycles. The molecule has 0 atom stereocenters. The molecule has 20 heavy (non-hydrogen) atoms. The maximum atomic E-state index is 2.29. The standard InChI is InChI=1S/C19H21N/c1-20-14-12-18(13-15-20)19(16-8-4-2-5-9-16)17-10-6-3-7-11-17/h2-11H,12-15H2,1H3/p+1. The molecule has 0 aromatic heterocycles. The highest BCUT2D eigenvalue weighted by Gasteiger charge is 2.18. The van der Waals surface area contributed by atoms with E-state index in [4.69, 9.17) is 0 Å². The fourth-order valence-corrected chi connectivity index (χ4v) is 3.01. The normalized spacial score (nSPS) is 18.9. The number of quaternary nitrogens is 1. The minimum absolute atomic E-state index is 1.21. The van der Waals surface area contributed by atoms with Gasteiger partial charge in [0.15, 0.2) is 0 Å². The summed E-state index contributed by atoms with van der Waals surface area (Å²) >= 11 is 0. The smallest absolute Gasteiger partial charge is 0.0807 e. The highest BCUT2D eigenvalue weighted by atomic mass is 15.1. The first kappa shape index (κ1) is 13.1. The monoisotopic (exact) mass is 264 g/mol. The lowest BCUT2D eigenvalue weighted by atomic mass is 9.88. The average molecular weight is 264 g/mol. The Balaban J connectivity index is 2.07. The second-order valence-corrected chi connectivity index (χ2v) is 5.67. The molecule has 1 saturated heterocycles. The van der Waals surface area contributed by atoms with Crippen LogP contribution in [-0.4, -0.2) is 20.1 Å². The van der Waals surface area contributed by atoms with E-state index in [1.165, 1.54) is 42.6 Å². The van der Waals surface area contributed by atoms with Crippen molar-refractivity contribution in [1.82, 2.24) is 0 Å². The van der Waals surface area contributed by atoms with E-state index in [9.17, 15) is 0 Å². The van der Waals surface area contributed by atoms with Crippen molar-refractivity contribution in [2.75, 3.05) is 20.1 Å². The zero-order valence-corrected chi connectivity index (χ0v) is 12.1. The molecule has 1 aliphatic heterocycles. The van der Waals surface area contributed by atoms with Crippen LogP contribution in [0.1, 0.15) is 24.0 Å². The number of benzene rings is 2. The summed E-state index contributed by atoms with van der Waals surface area (Å²) in [6.45, 7) is 2.50. The van der Waals surface area contributed by atoms with E-state index in [-0.39, 0.29) is 0 Å². The second kappa shape index (κ2) is 6.06. The van der Waals surface area contributed by atoms with Gasteiger partial charge in [0.05, 0.1) is 20.1 Å². The topological polar surface area (TPSA) is 4.44 Å². The molecule has 2 aromatic rings. The van der Waals surface area contributed by atoms with Gasteiger partial charge >= 0.3 is 0 Å². The number of piperidine rings is 1. The minimum Gasteiger partial charge on any atom is -0.337 e. The molecule has 1 aliphatic rings. The molecule has 102 valence electrons. The van der Waals surface area contributed by atoms with Gasteiger partial charge in [-0.3, -0.25) is 0 Å².